The summed E-state index contributed by atoms with van der Waals surface area (Å²) in [4.78, 5) is 6.59. The van der Waals surface area contributed by atoms with E-state index in [-0.39, 0.29) is 18.9 Å². The van der Waals surface area contributed by atoms with Gasteiger partial charge in [0.05, 0.1) is 21.8 Å². The molecular formula is C25H17Cl2N3O3S. The number of aromatic nitrogens is 1. The third kappa shape index (κ3) is 3.57. The third-order valence-electron chi connectivity index (χ3n) is 5.87. The molecule has 34 heavy (non-hydrogen) atoms. The van der Waals surface area contributed by atoms with Crippen LogP contribution in [0.5, 0.6) is 11.5 Å². The number of anilines is 1. The van der Waals surface area contributed by atoms with Crippen LogP contribution in [0.15, 0.2) is 77.3 Å². The number of pyridine rings is 1. The zero-order valence-corrected chi connectivity index (χ0v) is 19.9. The molecule has 170 valence electrons. The molecule has 0 radical (unpaired) electrons. The number of benzene rings is 2. The number of nitrogens with zero attached hydrogens (tertiary/aromatic N) is 2. The van der Waals surface area contributed by atoms with Crippen LogP contribution in [-0.2, 0) is 0 Å². The van der Waals surface area contributed by atoms with Crippen molar-refractivity contribution in [2.24, 2.45) is 0 Å². The minimum Gasteiger partial charge on any atom is -0.459 e. The molecule has 6 nitrogen and oxygen atoms in total. The molecule has 0 bridgehead atoms. The van der Waals surface area contributed by atoms with Gasteiger partial charge in [-0.15, -0.1) is 0 Å². The number of thiocarbonyl (C=S) groups is 1. The topological polar surface area (TPSA) is 59.8 Å². The number of hydrogen-bond acceptors (Lipinski definition) is 5. The molecular weight excluding hydrogens is 493 g/mol. The van der Waals surface area contributed by atoms with Crippen LogP contribution in [0, 0.1) is 0 Å². The first-order chi connectivity index (χ1) is 16.6. The van der Waals surface area contributed by atoms with Crippen molar-refractivity contribution >= 4 is 46.2 Å². The molecule has 1 N–H and O–H groups in total. The summed E-state index contributed by atoms with van der Waals surface area (Å²) in [6.07, 6.45) is 1.76. The van der Waals surface area contributed by atoms with Gasteiger partial charge in [-0.05, 0) is 60.7 Å². The number of hydrogen-bond donors (Lipinski definition) is 1. The van der Waals surface area contributed by atoms with E-state index >= 15 is 0 Å². The standard InChI is InChI=1S/C25H17Cl2N3O3S/c26-16-5-3-4-15(22(16)27)18-9-10-20(33-18)24-23(17-6-1-2-11-28-17)29-25(34)30(24)14-7-8-19-21(12-14)32-13-31-19/h1-12,23-24H,13H2,(H,29,34)/t23-,24+/m1/s1. The quantitative estimate of drug-likeness (QED) is 0.312. The van der Waals surface area contributed by atoms with E-state index in [1.807, 2.05) is 65.6 Å². The summed E-state index contributed by atoms with van der Waals surface area (Å²) in [6.45, 7) is 0.198. The highest BCUT2D eigenvalue weighted by molar-refractivity contribution is 7.80. The Bertz CT molecular complexity index is 1400. The summed E-state index contributed by atoms with van der Waals surface area (Å²) in [5.41, 5.74) is 2.42. The molecule has 4 heterocycles. The Kier molecular flexibility index (Phi) is 5.32. The van der Waals surface area contributed by atoms with Gasteiger partial charge >= 0.3 is 0 Å². The van der Waals surface area contributed by atoms with Crippen molar-refractivity contribution in [1.29, 1.82) is 0 Å². The summed E-state index contributed by atoms with van der Waals surface area (Å²) >= 11 is 18.5. The Morgan fingerprint density at radius 2 is 1.85 bits per heavy atom. The molecule has 0 unspecified atom stereocenters. The zero-order chi connectivity index (χ0) is 23.2. The molecule has 1 fully saturated rings. The number of ether oxygens (including phenoxy) is 2. The van der Waals surface area contributed by atoms with Crippen LogP contribution in [0.1, 0.15) is 23.5 Å². The number of furan rings is 1. The first-order valence-electron chi connectivity index (χ1n) is 10.5. The Balaban J connectivity index is 1.46. The molecule has 2 atom stereocenters. The van der Waals surface area contributed by atoms with Crippen LogP contribution in [0.4, 0.5) is 5.69 Å². The van der Waals surface area contributed by atoms with Crippen molar-refractivity contribution in [3.05, 3.63) is 94.4 Å². The predicted molar refractivity (Wildman–Crippen MR) is 135 cm³/mol. The summed E-state index contributed by atoms with van der Waals surface area (Å²) in [6, 6.07) is 20.3. The van der Waals surface area contributed by atoms with Crippen LogP contribution in [0.2, 0.25) is 10.0 Å². The molecule has 2 aromatic carbocycles. The maximum atomic E-state index is 6.45. The van der Waals surface area contributed by atoms with E-state index in [4.69, 9.17) is 49.3 Å². The third-order valence-corrected chi connectivity index (χ3v) is 7.00. The normalized spacial score (nSPS) is 18.9. The number of rotatable bonds is 4. The lowest BCUT2D eigenvalue weighted by molar-refractivity contribution is 0.174. The largest absolute Gasteiger partial charge is 0.459 e. The SMILES string of the molecule is S=C1N[C@H](c2ccccn2)[C@H](c2ccc(-c3cccc(Cl)c3Cl)o2)N1c1ccc2c(c1)OCO2. The molecule has 0 aliphatic carbocycles. The fourth-order valence-electron chi connectivity index (χ4n) is 4.31. The molecule has 0 saturated carbocycles. The van der Waals surface area contributed by atoms with E-state index in [9.17, 15) is 0 Å². The molecule has 2 aromatic heterocycles. The Morgan fingerprint density at radius 3 is 2.71 bits per heavy atom. The van der Waals surface area contributed by atoms with Crippen molar-refractivity contribution in [3.63, 3.8) is 0 Å². The first-order valence-corrected chi connectivity index (χ1v) is 11.7. The monoisotopic (exact) mass is 509 g/mol. The lowest BCUT2D eigenvalue weighted by Crippen LogP contribution is -2.29. The van der Waals surface area contributed by atoms with Crippen molar-refractivity contribution in [1.82, 2.24) is 10.3 Å². The molecule has 2 aliphatic rings. The Labute approximate surface area is 211 Å². The first kappa shape index (κ1) is 21.3. The molecule has 9 heteroatoms. The van der Waals surface area contributed by atoms with Crippen LogP contribution in [-0.4, -0.2) is 16.9 Å². The second-order valence-corrected chi connectivity index (χ2v) is 9.01. The lowest BCUT2D eigenvalue weighted by Gasteiger charge is -2.26. The second kappa shape index (κ2) is 8.51. The van der Waals surface area contributed by atoms with Crippen LogP contribution in [0.3, 0.4) is 0 Å². The van der Waals surface area contributed by atoms with Gasteiger partial charge < -0.3 is 24.1 Å². The summed E-state index contributed by atoms with van der Waals surface area (Å²) in [7, 11) is 0. The highest BCUT2D eigenvalue weighted by Gasteiger charge is 2.43. The van der Waals surface area contributed by atoms with Gasteiger partial charge in [-0.3, -0.25) is 4.98 Å². The van der Waals surface area contributed by atoms with Crippen LogP contribution >= 0.6 is 35.4 Å². The Hall–Kier alpha value is -3.26. The van der Waals surface area contributed by atoms with Crippen molar-refractivity contribution in [2.45, 2.75) is 12.1 Å². The van der Waals surface area contributed by atoms with Gasteiger partial charge in [0.2, 0.25) is 6.79 Å². The van der Waals surface area contributed by atoms with E-state index in [0.717, 1.165) is 16.9 Å². The van der Waals surface area contributed by atoms with Gasteiger partial charge in [0.15, 0.2) is 16.6 Å². The molecule has 0 spiro atoms. The van der Waals surface area contributed by atoms with Gasteiger partial charge in [0.25, 0.3) is 0 Å². The number of nitrogens with one attached hydrogen (secondary N) is 1. The van der Waals surface area contributed by atoms with E-state index in [0.29, 0.717) is 38.2 Å². The van der Waals surface area contributed by atoms with Crippen molar-refractivity contribution < 1.29 is 13.9 Å². The summed E-state index contributed by atoms with van der Waals surface area (Å²) in [5.74, 6) is 2.69. The molecule has 6 rings (SSSR count). The lowest BCUT2D eigenvalue weighted by atomic mass is 10.0. The minimum atomic E-state index is -0.311. The summed E-state index contributed by atoms with van der Waals surface area (Å²) < 4.78 is 17.4. The number of fused-ring (bicyclic) bond motifs is 1. The fraction of sp³-hybridized carbons (Fsp3) is 0.120. The molecule has 0 amide bonds. The molecule has 1 saturated heterocycles. The van der Waals surface area contributed by atoms with Gasteiger partial charge in [-0.1, -0.05) is 35.3 Å². The maximum Gasteiger partial charge on any atom is 0.231 e. The van der Waals surface area contributed by atoms with E-state index in [1.54, 1.807) is 12.3 Å². The van der Waals surface area contributed by atoms with Crippen molar-refractivity contribution in [3.8, 4) is 22.8 Å². The van der Waals surface area contributed by atoms with Crippen LogP contribution < -0.4 is 19.7 Å². The molecule has 4 aromatic rings. The smallest absolute Gasteiger partial charge is 0.231 e. The van der Waals surface area contributed by atoms with E-state index in [2.05, 4.69) is 10.3 Å². The minimum absolute atomic E-state index is 0.198. The van der Waals surface area contributed by atoms with Gasteiger partial charge in [0, 0.05) is 23.5 Å². The highest BCUT2D eigenvalue weighted by Crippen LogP contribution is 2.46. The van der Waals surface area contributed by atoms with Gasteiger partial charge in [0.1, 0.15) is 17.6 Å². The van der Waals surface area contributed by atoms with E-state index in [1.165, 1.54) is 0 Å². The van der Waals surface area contributed by atoms with E-state index < -0.39 is 0 Å². The average Bonchev–Trinajstić information content (AvgIpc) is 3.59. The second-order valence-electron chi connectivity index (χ2n) is 7.84. The number of halogens is 2. The van der Waals surface area contributed by atoms with Crippen LogP contribution in [0.25, 0.3) is 11.3 Å². The van der Waals surface area contributed by atoms with Gasteiger partial charge in [-0.2, -0.15) is 0 Å². The van der Waals surface area contributed by atoms with Crippen molar-refractivity contribution in [2.75, 3.05) is 11.7 Å². The zero-order valence-electron chi connectivity index (χ0n) is 17.6. The maximum absolute atomic E-state index is 6.45. The summed E-state index contributed by atoms with van der Waals surface area (Å²) in [5, 5.41) is 4.88. The Morgan fingerprint density at radius 1 is 0.971 bits per heavy atom. The predicted octanol–water partition coefficient (Wildman–Crippen LogP) is 6.55. The molecule has 2 aliphatic heterocycles. The average molecular weight is 510 g/mol. The van der Waals surface area contributed by atoms with Gasteiger partial charge in [-0.25, -0.2) is 0 Å². The highest BCUT2D eigenvalue weighted by atomic mass is 35.5. The fourth-order valence-corrected chi connectivity index (χ4v) is 5.05.